The molecule has 0 bridgehead atoms. The molecule has 0 N–H and O–H groups in total. The smallest absolute Gasteiger partial charge is 0.237 e. The molecule has 2 fully saturated rings. The van der Waals surface area contributed by atoms with E-state index < -0.39 is 0 Å². The number of rotatable bonds is 5. The van der Waals surface area contributed by atoms with E-state index >= 15 is 0 Å². The lowest BCUT2D eigenvalue weighted by molar-refractivity contribution is -0.133. The largest absolute Gasteiger partial charge is 0.493 e. The molecule has 5 nitrogen and oxygen atoms in total. The van der Waals surface area contributed by atoms with Gasteiger partial charge >= 0.3 is 0 Å². The second-order valence-electron chi connectivity index (χ2n) is 9.74. The van der Waals surface area contributed by atoms with Crippen molar-refractivity contribution in [2.45, 2.75) is 25.9 Å². The Balaban J connectivity index is 1.36. The van der Waals surface area contributed by atoms with E-state index in [0.717, 1.165) is 45.0 Å². The third-order valence-electron chi connectivity index (χ3n) is 7.18. The fraction of sp³-hybridized carbons (Fsp3) is 0.500. The Morgan fingerprint density at radius 3 is 2.77 bits per heavy atom. The molecule has 164 valence electrons. The molecular weight excluding hydrogens is 386 g/mol. The highest BCUT2D eigenvalue weighted by atomic mass is 16.5. The SMILES string of the molecule is Cc1ccccc1[C@H]1[C@@H]2CN(Cc3ccc4c(c3)CCO4)C[C@@H]2CN1C(=O)CN(C)C. The number of ether oxygens (including phenoxy) is 1. The van der Waals surface area contributed by atoms with E-state index in [0.29, 0.717) is 18.4 Å². The lowest BCUT2D eigenvalue weighted by Gasteiger charge is -2.31. The van der Waals surface area contributed by atoms with Gasteiger partial charge in [0.05, 0.1) is 19.2 Å². The number of nitrogens with zero attached hydrogens (tertiary/aromatic N) is 3. The molecule has 0 radical (unpaired) electrons. The van der Waals surface area contributed by atoms with E-state index in [4.69, 9.17) is 4.74 Å². The van der Waals surface area contributed by atoms with Crippen LogP contribution >= 0.6 is 0 Å². The third kappa shape index (κ3) is 3.97. The molecule has 0 saturated carbocycles. The van der Waals surface area contributed by atoms with Gasteiger partial charge in [0.25, 0.3) is 0 Å². The third-order valence-corrected chi connectivity index (χ3v) is 7.18. The lowest BCUT2D eigenvalue weighted by Crippen LogP contribution is -2.40. The van der Waals surface area contributed by atoms with Crippen molar-refractivity contribution in [1.29, 1.82) is 0 Å². The summed E-state index contributed by atoms with van der Waals surface area (Å²) in [7, 11) is 3.95. The number of aryl methyl sites for hydroxylation is 1. The average Bonchev–Trinajstić information content (AvgIpc) is 3.42. The second-order valence-corrected chi connectivity index (χ2v) is 9.74. The van der Waals surface area contributed by atoms with Gasteiger partial charge in [0.1, 0.15) is 5.75 Å². The van der Waals surface area contributed by atoms with Gasteiger partial charge in [-0.25, -0.2) is 0 Å². The maximum absolute atomic E-state index is 13.1. The van der Waals surface area contributed by atoms with Crippen LogP contribution < -0.4 is 4.74 Å². The highest BCUT2D eigenvalue weighted by molar-refractivity contribution is 5.79. The minimum absolute atomic E-state index is 0.178. The Kier molecular flexibility index (Phi) is 5.49. The Morgan fingerprint density at radius 2 is 1.97 bits per heavy atom. The first kappa shape index (κ1) is 20.5. The second kappa shape index (κ2) is 8.29. The molecule has 3 heterocycles. The highest BCUT2D eigenvalue weighted by Gasteiger charge is 2.49. The molecule has 0 spiro atoms. The van der Waals surface area contributed by atoms with Gasteiger partial charge in [-0.15, -0.1) is 0 Å². The summed E-state index contributed by atoms with van der Waals surface area (Å²) in [6.07, 6.45) is 1.02. The monoisotopic (exact) mass is 419 g/mol. The van der Waals surface area contributed by atoms with Crippen molar-refractivity contribution in [2.24, 2.45) is 11.8 Å². The molecule has 2 saturated heterocycles. The van der Waals surface area contributed by atoms with Gasteiger partial charge in [-0.2, -0.15) is 0 Å². The maximum Gasteiger partial charge on any atom is 0.237 e. The van der Waals surface area contributed by atoms with Crippen molar-refractivity contribution in [3.63, 3.8) is 0 Å². The number of fused-ring (bicyclic) bond motifs is 2. The van der Waals surface area contributed by atoms with Gasteiger partial charge in [0, 0.05) is 38.5 Å². The normalized spacial score (nSPS) is 25.0. The van der Waals surface area contributed by atoms with E-state index in [-0.39, 0.29) is 11.9 Å². The van der Waals surface area contributed by atoms with Crippen LogP contribution in [0.1, 0.15) is 28.3 Å². The molecule has 5 rings (SSSR count). The first-order valence-corrected chi connectivity index (χ1v) is 11.5. The number of likely N-dealkylation sites (tertiary alicyclic amines) is 2. The van der Waals surface area contributed by atoms with Crippen LogP contribution in [0.25, 0.3) is 0 Å². The van der Waals surface area contributed by atoms with Crippen LogP contribution in [0, 0.1) is 18.8 Å². The first-order chi connectivity index (χ1) is 15.0. The van der Waals surface area contributed by atoms with E-state index in [2.05, 4.69) is 59.2 Å². The first-order valence-electron chi connectivity index (χ1n) is 11.5. The molecule has 2 aromatic carbocycles. The molecule has 0 unspecified atom stereocenters. The molecule has 3 aliphatic rings. The zero-order valence-corrected chi connectivity index (χ0v) is 18.9. The van der Waals surface area contributed by atoms with Crippen LogP contribution in [0.3, 0.4) is 0 Å². The number of carbonyl (C=O) groups is 1. The molecule has 3 aliphatic heterocycles. The minimum atomic E-state index is 0.178. The lowest BCUT2D eigenvalue weighted by atomic mass is 9.87. The molecule has 1 amide bonds. The van der Waals surface area contributed by atoms with E-state index in [1.165, 1.54) is 22.3 Å². The van der Waals surface area contributed by atoms with Crippen LogP contribution in [-0.2, 0) is 17.8 Å². The summed E-state index contributed by atoms with van der Waals surface area (Å²) in [4.78, 5) is 19.9. The zero-order chi connectivity index (χ0) is 21.5. The number of amides is 1. The summed E-state index contributed by atoms with van der Waals surface area (Å²) in [5.41, 5.74) is 5.32. The predicted octanol–water partition coefficient (Wildman–Crippen LogP) is 3.12. The molecule has 0 aliphatic carbocycles. The van der Waals surface area contributed by atoms with Crippen molar-refractivity contribution in [1.82, 2.24) is 14.7 Å². The van der Waals surface area contributed by atoms with Gasteiger partial charge < -0.3 is 14.5 Å². The van der Waals surface area contributed by atoms with Gasteiger partial charge in [0.15, 0.2) is 0 Å². The van der Waals surface area contributed by atoms with Crippen LogP contribution in [0.15, 0.2) is 42.5 Å². The molecule has 3 atom stereocenters. The Hall–Kier alpha value is -2.37. The number of hydrogen-bond donors (Lipinski definition) is 0. The van der Waals surface area contributed by atoms with Crippen LogP contribution in [0.4, 0.5) is 0 Å². The predicted molar refractivity (Wildman–Crippen MR) is 122 cm³/mol. The van der Waals surface area contributed by atoms with Crippen molar-refractivity contribution in [3.8, 4) is 5.75 Å². The molecule has 31 heavy (non-hydrogen) atoms. The summed E-state index contributed by atoms with van der Waals surface area (Å²) in [5.74, 6) is 2.33. The van der Waals surface area contributed by atoms with Crippen molar-refractivity contribution in [2.75, 3.05) is 46.9 Å². The number of hydrogen-bond acceptors (Lipinski definition) is 4. The van der Waals surface area contributed by atoms with Crippen molar-refractivity contribution >= 4 is 5.91 Å². The Morgan fingerprint density at radius 1 is 1.13 bits per heavy atom. The molecule has 5 heteroatoms. The van der Waals surface area contributed by atoms with Crippen molar-refractivity contribution < 1.29 is 9.53 Å². The summed E-state index contributed by atoms with van der Waals surface area (Å²) >= 11 is 0. The summed E-state index contributed by atoms with van der Waals surface area (Å²) in [5, 5.41) is 0. The quantitative estimate of drug-likeness (QED) is 0.746. The maximum atomic E-state index is 13.1. The Labute approximate surface area is 185 Å². The number of likely N-dealkylation sites (N-methyl/N-ethyl adjacent to an activating group) is 1. The van der Waals surface area contributed by atoms with Crippen LogP contribution in [0.2, 0.25) is 0 Å². The fourth-order valence-corrected chi connectivity index (χ4v) is 5.80. The van der Waals surface area contributed by atoms with Gasteiger partial charge in [-0.1, -0.05) is 36.4 Å². The van der Waals surface area contributed by atoms with E-state index in [1.807, 2.05) is 19.0 Å². The average molecular weight is 420 g/mol. The van der Waals surface area contributed by atoms with Gasteiger partial charge in [-0.05, 0) is 55.3 Å². The van der Waals surface area contributed by atoms with Gasteiger partial charge in [0.2, 0.25) is 5.91 Å². The summed E-state index contributed by atoms with van der Waals surface area (Å²) in [6, 6.07) is 15.5. The summed E-state index contributed by atoms with van der Waals surface area (Å²) in [6.45, 7) is 7.41. The number of benzene rings is 2. The Bertz CT molecular complexity index is 973. The van der Waals surface area contributed by atoms with Gasteiger partial charge in [-0.3, -0.25) is 9.69 Å². The topological polar surface area (TPSA) is 36.0 Å². The highest BCUT2D eigenvalue weighted by Crippen LogP contribution is 2.46. The zero-order valence-electron chi connectivity index (χ0n) is 18.9. The van der Waals surface area contributed by atoms with E-state index in [9.17, 15) is 4.79 Å². The van der Waals surface area contributed by atoms with Crippen molar-refractivity contribution in [3.05, 3.63) is 64.7 Å². The molecule has 0 aromatic heterocycles. The minimum Gasteiger partial charge on any atom is -0.493 e. The fourth-order valence-electron chi connectivity index (χ4n) is 5.80. The van der Waals surface area contributed by atoms with Crippen LogP contribution in [0.5, 0.6) is 5.75 Å². The van der Waals surface area contributed by atoms with E-state index in [1.54, 1.807) is 0 Å². The molecular formula is C26H33N3O2. The summed E-state index contributed by atoms with van der Waals surface area (Å²) < 4.78 is 5.67. The van der Waals surface area contributed by atoms with Crippen LogP contribution in [-0.4, -0.2) is 67.5 Å². The number of carbonyl (C=O) groups excluding carboxylic acids is 1. The standard InChI is InChI=1S/C26H33N3O2/c1-18-6-4-5-7-22(18)26-23-16-28(13-19-8-9-24-20(12-19)10-11-31-24)14-21(23)15-29(26)25(30)17-27(2)3/h4-9,12,21,23,26H,10-11,13-17H2,1-3H3/t21-,23-,26+/m1/s1. The molecule has 2 aromatic rings.